The molecule has 1 aliphatic heterocycles. The van der Waals surface area contributed by atoms with Crippen LogP contribution in [-0.4, -0.2) is 19.6 Å². The average molecular weight is 350 g/mol. The Hall–Kier alpha value is -2.95. The van der Waals surface area contributed by atoms with Crippen LogP contribution in [0.1, 0.15) is 34.5 Å². The van der Waals surface area contributed by atoms with Crippen molar-refractivity contribution in [2.24, 2.45) is 0 Å². The Morgan fingerprint density at radius 3 is 2.88 bits per heavy atom. The first kappa shape index (κ1) is 16.5. The second-order valence-electron chi connectivity index (χ2n) is 6.60. The summed E-state index contributed by atoms with van der Waals surface area (Å²) >= 11 is 0. The predicted octanol–water partition coefficient (Wildman–Crippen LogP) is 4.75. The van der Waals surface area contributed by atoms with Crippen molar-refractivity contribution in [3.63, 3.8) is 0 Å². The van der Waals surface area contributed by atoms with E-state index in [4.69, 9.17) is 9.15 Å². The van der Waals surface area contributed by atoms with Gasteiger partial charge in [-0.2, -0.15) is 0 Å². The number of ether oxygens (including phenoxy) is 1. The summed E-state index contributed by atoms with van der Waals surface area (Å²) in [6, 6.07) is 11.6. The van der Waals surface area contributed by atoms with Crippen molar-refractivity contribution >= 4 is 28.3 Å². The molecule has 0 aliphatic carbocycles. The molecule has 2 aromatic carbocycles. The summed E-state index contributed by atoms with van der Waals surface area (Å²) in [6.45, 7) is 2.86. The average Bonchev–Trinajstić information content (AvgIpc) is 2.84. The lowest BCUT2D eigenvalue weighted by atomic mass is 10.1. The lowest BCUT2D eigenvalue weighted by Gasteiger charge is -2.15. The Balaban J connectivity index is 1.68. The summed E-state index contributed by atoms with van der Waals surface area (Å²) in [5.74, 6) is 0.708. The van der Waals surface area contributed by atoms with Gasteiger partial charge < -0.3 is 19.8 Å². The Morgan fingerprint density at radius 1 is 1.23 bits per heavy atom. The normalized spacial score (nSPS) is 13.6. The van der Waals surface area contributed by atoms with Crippen LogP contribution in [0.3, 0.4) is 0 Å². The van der Waals surface area contributed by atoms with Crippen LogP contribution in [0.2, 0.25) is 0 Å². The van der Waals surface area contributed by atoms with E-state index in [-0.39, 0.29) is 5.91 Å². The number of hydrogen-bond acceptors (Lipinski definition) is 4. The Labute approximate surface area is 152 Å². The summed E-state index contributed by atoms with van der Waals surface area (Å²) in [5, 5.41) is 7.35. The molecule has 3 aromatic rings. The number of aryl methyl sites for hydroxylation is 2. The molecular weight excluding hydrogens is 328 g/mol. The number of furan rings is 1. The first-order valence-electron chi connectivity index (χ1n) is 8.91. The molecule has 5 nitrogen and oxygen atoms in total. The molecule has 1 aromatic heterocycles. The van der Waals surface area contributed by atoms with Crippen molar-refractivity contribution in [3.8, 4) is 5.75 Å². The molecule has 1 aliphatic rings. The third kappa shape index (κ3) is 2.90. The van der Waals surface area contributed by atoms with Gasteiger partial charge in [0, 0.05) is 29.2 Å². The molecule has 1 amide bonds. The zero-order chi connectivity index (χ0) is 18.1. The van der Waals surface area contributed by atoms with E-state index < -0.39 is 0 Å². The molecular formula is C21H22N2O3. The predicted molar refractivity (Wildman–Crippen MR) is 103 cm³/mol. The molecule has 5 heteroatoms. The summed E-state index contributed by atoms with van der Waals surface area (Å²) in [6.07, 6.45) is 3.25. The van der Waals surface area contributed by atoms with Crippen molar-refractivity contribution in [1.29, 1.82) is 0 Å². The van der Waals surface area contributed by atoms with E-state index in [1.54, 1.807) is 7.11 Å². The molecule has 26 heavy (non-hydrogen) atoms. The van der Waals surface area contributed by atoms with Gasteiger partial charge in [-0.3, -0.25) is 4.79 Å². The number of anilines is 2. The largest absolute Gasteiger partial charge is 0.494 e. The summed E-state index contributed by atoms with van der Waals surface area (Å²) in [4.78, 5) is 12.8. The molecule has 2 heterocycles. The molecule has 4 rings (SSSR count). The van der Waals surface area contributed by atoms with E-state index in [0.29, 0.717) is 22.8 Å². The molecule has 0 saturated carbocycles. The molecule has 134 valence electrons. The monoisotopic (exact) mass is 350 g/mol. The second-order valence-corrected chi connectivity index (χ2v) is 6.60. The van der Waals surface area contributed by atoms with Crippen LogP contribution in [0.25, 0.3) is 11.0 Å². The zero-order valence-corrected chi connectivity index (χ0v) is 15.0. The molecule has 0 radical (unpaired) electrons. The van der Waals surface area contributed by atoms with Gasteiger partial charge in [0.25, 0.3) is 5.91 Å². The van der Waals surface area contributed by atoms with E-state index in [1.807, 2.05) is 43.3 Å². The van der Waals surface area contributed by atoms with Gasteiger partial charge in [0.15, 0.2) is 5.76 Å². The zero-order valence-electron chi connectivity index (χ0n) is 15.0. The van der Waals surface area contributed by atoms with Crippen molar-refractivity contribution < 1.29 is 13.9 Å². The number of para-hydroxylation sites is 1. The quantitative estimate of drug-likeness (QED) is 0.715. The number of hydrogen-bond donors (Lipinski definition) is 2. The van der Waals surface area contributed by atoms with Crippen LogP contribution >= 0.6 is 0 Å². The van der Waals surface area contributed by atoms with Crippen LogP contribution in [0.15, 0.2) is 40.8 Å². The smallest absolute Gasteiger partial charge is 0.291 e. The number of carbonyl (C=O) groups excluding carboxylic acids is 1. The molecule has 0 saturated heterocycles. The topological polar surface area (TPSA) is 63.5 Å². The van der Waals surface area contributed by atoms with E-state index in [2.05, 4.69) is 10.6 Å². The van der Waals surface area contributed by atoms with E-state index in [1.165, 1.54) is 5.56 Å². The lowest BCUT2D eigenvalue weighted by molar-refractivity contribution is 0.0997. The van der Waals surface area contributed by atoms with Gasteiger partial charge in [0.05, 0.1) is 12.8 Å². The van der Waals surface area contributed by atoms with Gasteiger partial charge in [-0.05, 0) is 43.9 Å². The number of amides is 1. The maximum absolute atomic E-state index is 12.8. The van der Waals surface area contributed by atoms with Crippen molar-refractivity contribution in [1.82, 2.24) is 0 Å². The van der Waals surface area contributed by atoms with E-state index in [0.717, 1.165) is 42.4 Å². The van der Waals surface area contributed by atoms with Crippen LogP contribution < -0.4 is 15.4 Å². The van der Waals surface area contributed by atoms with Crippen LogP contribution in [0.5, 0.6) is 5.75 Å². The van der Waals surface area contributed by atoms with Gasteiger partial charge >= 0.3 is 0 Å². The van der Waals surface area contributed by atoms with Crippen molar-refractivity contribution in [2.45, 2.75) is 26.2 Å². The lowest BCUT2D eigenvalue weighted by Crippen LogP contribution is -2.13. The molecule has 0 unspecified atom stereocenters. The van der Waals surface area contributed by atoms with E-state index in [9.17, 15) is 4.79 Å². The minimum Gasteiger partial charge on any atom is -0.494 e. The highest BCUT2D eigenvalue weighted by Crippen LogP contribution is 2.34. The maximum Gasteiger partial charge on any atom is 0.291 e. The molecule has 0 bridgehead atoms. The first-order valence-corrected chi connectivity index (χ1v) is 8.91. The minimum absolute atomic E-state index is 0.265. The van der Waals surface area contributed by atoms with E-state index >= 15 is 0 Å². The number of methoxy groups -OCH3 is 1. The minimum atomic E-state index is -0.265. The number of benzene rings is 2. The fourth-order valence-corrected chi connectivity index (χ4v) is 3.50. The highest BCUT2D eigenvalue weighted by atomic mass is 16.5. The molecule has 0 spiro atoms. The van der Waals surface area contributed by atoms with Gasteiger partial charge in [-0.15, -0.1) is 0 Å². The van der Waals surface area contributed by atoms with Gasteiger partial charge in [-0.25, -0.2) is 0 Å². The Morgan fingerprint density at radius 2 is 2.08 bits per heavy atom. The standard InChI is InChI=1S/C21H22N2O3/c1-13-15-8-3-4-9-18(15)26-20(13)21(24)23-17-11-14-7-5-6-10-22-16(14)12-19(17)25-2/h3-4,8-9,11-12,22H,5-7,10H2,1-2H3,(H,23,24). The van der Waals surface area contributed by atoms with Crippen molar-refractivity contribution in [2.75, 3.05) is 24.3 Å². The molecule has 0 atom stereocenters. The fraction of sp³-hybridized carbons (Fsp3) is 0.286. The maximum atomic E-state index is 12.8. The Bertz CT molecular complexity index is 975. The molecule has 2 N–H and O–H groups in total. The number of carbonyl (C=O) groups is 1. The number of fused-ring (bicyclic) bond motifs is 2. The fourth-order valence-electron chi connectivity index (χ4n) is 3.50. The van der Waals surface area contributed by atoms with Crippen molar-refractivity contribution in [3.05, 3.63) is 53.3 Å². The first-order chi connectivity index (χ1) is 12.7. The summed E-state index contributed by atoms with van der Waals surface area (Å²) < 4.78 is 11.3. The number of rotatable bonds is 3. The molecule has 0 fully saturated rings. The van der Waals surface area contributed by atoms with Gasteiger partial charge in [0.1, 0.15) is 11.3 Å². The SMILES string of the molecule is COc1cc2c(cc1NC(=O)c1oc3ccccc3c1C)CCCCN2. The second kappa shape index (κ2) is 6.75. The highest BCUT2D eigenvalue weighted by Gasteiger charge is 2.20. The Kier molecular flexibility index (Phi) is 4.29. The van der Waals surface area contributed by atoms with Gasteiger partial charge in [-0.1, -0.05) is 18.2 Å². The highest BCUT2D eigenvalue weighted by molar-refractivity contribution is 6.07. The van der Waals surface area contributed by atoms with Crippen LogP contribution in [-0.2, 0) is 6.42 Å². The van der Waals surface area contributed by atoms with Crippen LogP contribution in [0.4, 0.5) is 11.4 Å². The van der Waals surface area contributed by atoms with Gasteiger partial charge in [0.2, 0.25) is 0 Å². The summed E-state index contributed by atoms with van der Waals surface area (Å²) in [7, 11) is 1.61. The van der Waals surface area contributed by atoms with Crippen LogP contribution in [0, 0.1) is 6.92 Å². The third-order valence-corrected chi connectivity index (χ3v) is 4.91. The number of nitrogens with one attached hydrogen (secondary N) is 2. The summed E-state index contributed by atoms with van der Waals surface area (Å²) in [5.41, 5.74) is 4.50. The third-order valence-electron chi connectivity index (χ3n) is 4.91.